The minimum absolute atomic E-state index is 0.105. The molecule has 1 atom stereocenters. The van der Waals surface area contributed by atoms with Gasteiger partial charge in [0.2, 0.25) is 0 Å². The van der Waals surface area contributed by atoms with E-state index >= 15 is 0 Å². The number of Topliss-reactive ketones (excluding diaryl/α,β-unsaturated/α-hetero) is 1. The van der Waals surface area contributed by atoms with Gasteiger partial charge in [0, 0.05) is 18.7 Å². The highest BCUT2D eigenvalue weighted by molar-refractivity contribution is 6.46. The maximum Gasteiger partial charge on any atom is 0.295 e. The van der Waals surface area contributed by atoms with Crippen LogP contribution in [0.4, 0.5) is 0 Å². The molecule has 0 spiro atoms. The van der Waals surface area contributed by atoms with Crippen molar-refractivity contribution in [2.24, 2.45) is 0 Å². The van der Waals surface area contributed by atoms with Crippen molar-refractivity contribution in [3.05, 3.63) is 76.4 Å². The smallest absolute Gasteiger partial charge is 0.295 e. The molecule has 0 aliphatic carbocycles. The summed E-state index contributed by atoms with van der Waals surface area (Å²) in [4.78, 5) is 27.6. The molecule has 0 aromatic heterocycles. The third-order valence-electron chi connectivity index (χ3n) is 5.65. The first kappa shape index (κ1) is 22.8. The van der Waals surface area contributed by atoms with Gasteiger partial charge in [-0.1, -0.05) is 55.5 Å². The summed E-state index contributed by atoms with van der Waals surface area (Å²) in [6, 6.07) is 14.5. The Kier molecular flexibility index (Phi) is 7.29. The first-order chi connectivity index (χ1) is 14.8. The Labute approximate surface area is 184 Å². The van der Waals surface area contributed by atoms with Crippen LogP contribution in [0, 0.1) is 6.92 Å². The maximum atomic E-state index is 13.0. The van der Waals surface area contributed by atoms with E-state index in [-0.39, 0.29) is 17.4 Å². The van der Waals surface area contributed by atoms with Crippen LogP contribution in [0.25, 0.3) is 5.76 Å². The summed E-state index contributed by atoms with van der Waals surface area (Å²) in [7, 11) is 0. The predicted octanol–water partition coefficient (Wildman–Crippen LogP) is 4.79. The lowest BCUT2D eigenvalue weighted by Crippen LogP contribution is -2.31. The normalized spacial score (nSPS) is 18.2. The fourth-order valence-electron chi connectivity index (χ4n) is 3.94. The number of carbonyl (C=O) groups excluding carboxylic acids is 2. The number of ether oxygens (including phenoxy) is 1. The number of ketones is 1. The topological polar surface area (TPSA) is 66.8 Å². The van der Waals surface area contributed by atoms with E-state index < -0.39 is 17.7 Å². The number of likely N-dealkylation sites (tertiary alicyclic amines) is 1. The Morgan fingerprint density at radius 1 is 1.10 bits per heavy atom. The summed E-state index contributed by atoms with van der Waals surface area (Å²) in [5, 5.41) is 11.1. The number of aliphatic hydroxyl groups excluding tert-OH is 1. The van der Waals surface area contributed by atoms with Gasteiger partial charge < -0.3 is 14.7 Å². The van der Waals surface area contributed by atoms with Crippen LogP contribution in [-0.4, -0.2) is 41.0 Å². The molecule has 1 N–H and O–H groups in total. The number of rotatable bonds is 8. The van der Waals surface area contributed by atoms with Crippen LogP contribution in [0.3, 0.4) is 0 Å². The lowest BCUT2D eigenvalue weighted by molar-refractivity contribution is -0.140. The van der Waals surface area contributed by atoms with Gasteiger partial charge in [-0.15, -0.1) is 0 Å². The van der Waals surface area contributed by atoms with Crippen molar-refractivity contribution in [2.75, 3.05) is 13.2 Å². The molecule has 1 saturated heterocycles. The Morgan fingerprint density at radius 3 is 2.39 bits per heavy atom. The summed E-state index contributed by atoms with van der Waals surface area (Å²) in [6.07, 6.45) is 1.60. The number of benzene rings is 2. The third kappa shape index (κ3) is 4.88. The van der Waals surface area contributed by atoms with Crippen LogP contribution in [0.5, 0.6) is 0 Å². The molecule has 31 heavy (non-hydrogen) atoms. The molecule has 5 heteroatoms. The number of aryl methyl sites for hydroxylation is 2. The number of hydrogen-bond acceptors (Lipinski definition) is 4. The van der Waals surface area contributed by atoms with Crippen molar-refractivity contribution < 1.29 is 19.4 Å². The summed E-state index contributed by atoms with van der Waals surface area (Å²) in [5.74, 6) is -1.35. The van der Waals surface area contributed by atoms with Crippen molar-refractivity contribution in [3.63, 3.8) is 0 Å². The van der Waals surface area contributed by atoms with Gasteiger partial charge in [-0.05, 0) is 50.3 Å². The molecule has 1 fully saturated rings. The second-order valence-electron chi connectivity index (χ2n) is 8.17. The molecular formula is C26H31NO4. The van der Waals surface area contributed by atoms with Crippen molar-refractivity contribution in [1.82, 2.24) is 4.90 Å². The van der Waals surface area contributed by atoms with Gasteiger partial charge in [-0.2, -0.15) is 0 Å². The van der Waals surface area contributed by atoms with E-state index in [1.54, 1.807) is 17.0 Å². The predicted molar refractivity (Wildman–Crippen MR) is 122 cm³/mol. The molecule has 1 amide bonds. The average Bonchev–Trinajstić information content (AvgIpc) is 3.01. The molecule has 2 aromatic carbocycles. The standard InChI is InChI=1S/C26H31NO4/c1-5-19-11-13-20(14-12-19)24(28)22-23(21-10-7-6-9-18(21)4)27(26(30)25(22)29)15-8-16-31-17(2)3/h6-7,9-14,17,23,28H,5,8,15-16H2,1-4H3/b24-22-. The fourth-order valence-corrected chi connectivity index (χ4v) is 3.94. The first-order valence-electron chi connectivity index (χ1n) is 10.9. The summed E-state index contributed by atoms with van der Waals surface area (Å²) < 4.78 is 5.61. The summed E-state index contributed by atoms with van der Waals surface area (Å²) >= 11 is 0. The SMILES string of the molecule is CCc1ccc(/C(O)=C2/C(=O)C(=O)N(CCCOC(C)C)C2c2ccccc2C)cc1. The lowest BCUT2D eigenvalue weighted by Gasteiger charge is -2.26. The van der Waals surface area contributed by atoms with Crippen LogP contribution in [-0.2, 0) is 20.7 Å². The maximum absolute atomic E-state index is 13.0. The lowest BCUT2D eigenvalue weighted by atomic mass is 9.92. The van der Waals surface area contributed by atoms with Crippen LogP contribution in [0.2, 0.25) is 0 Å². The van der Waals surface area contributed by atoms with Crippen molar-refractivity contribution in [3.8, 4) is 0 Å². The van der Waals surface area contributed by atoms with E-state index in [9.17, 15) is 14.7 Å². The molecule has 164 valence electrons. The second kappa shape index (κ2) is 9.92. The molecule has 1 heterocycles. The van der Waals surface area contributed by atoms with E-state index in [0.29, 0.717) is 25.1 Å². The fraction of sp³-hybridized carbons (Fsp3) is 0.385. The van der Waals surface area contributed by atoms with E-state index in [1.807, 2.05) is 57.2 Å². The number of hydrogen-bond donors (Lipinski definition) is 1. The van der Waals surface area contributed by atoms with Crippen molar-refractivity contribution in [2.45, 2.75) is 52.7 Å². The average molecular weight is 422 g/mol. The molecule has 0 radical (unpaired) electrons. The molecule has 0 bridgehead atoms. The second-order valence-corrected chi connectivity index (χ2v) is 8.17. The third-order valence-corrected chi connectivity index (χ3v) is 5.65. The Morgan fingerprint density at radius 2 is 1.77 bits per heavy atom. The van der Waals surface area contributed by atoms with Gasteiger partial charge in [0.05, 0.1) is 17.7 Å². The quantitative estimate of drug-likeness (QED) is 0.288. The van der Waals surface area contributed by atoms with E-state index in [1.165, 1.54) is 0 Å². The molecule has 2 aromatic rings. The number of carbonyl (C=O) groups is 2. The Bertz CT molecular complexity index is 975. The highest BCUT2D eigenvalue weighted by Gasteiger charge is 2.46. The van der Waals surface area contributed by atoms with Crippen molar-refractivity contribution in [1.29, 1.82) is 0 Å². The van der Waals surface area contributed by atoms with Gasteiger partial charge in [-0.25, -0.2) is 0 Å². The van der Waals surface area contributed by atoms with E-state index in [2.05, 4.69) is 6.92 Å². The minimum atomic E-state index is -0.643. The highest BCUT2D eigenvalue weighted by Crippen LogP contribution is 2.40. The molecule has 1 aliphatic heterocycles. The number of aliphatic hydroxyl groups is 1. The van der Waals surface area contributed by atoms with Crippen LogP contribution >= 0.6 is 0 Å². The summed E-state index contributed by atoms with van der Waals surface area (Å²) in [5.41, 5.74) is 3.63. The van der Waals surface area contributed by atoms with Gasteiger partial charge in [0.1, 0.15) is 5.76 Å². The Hall–Kier alpha value is -2.92. The Balaban J connectivity index is 2.04. The molecule has 3 rings (SSSR count). The van der Waals surface area contributed by atoms with Gasteiger partial charge in [-0.3, -0.25) is 9.59 Å². The molecule has 5 nitrogen and oxygen atoms in total. The number of amides is 1. The summed E-state index contributed by atoms with van der Waals surface area (Å²) in [6.45, 7) is 8.81. The first-order valence-corrected chi connectivity index (χ1v) is 10.9. The zero-order valence-electron chi connectivity index (χ0n) is 18.7. The van der Waals surface area contributed by atoms with Gasteiger partial charge in [0.15, 0.2) is 0 Å². The van der Waals surface area contributed by atoms with E-state index in [4.69, 9.17) is 4.74 Å². The van der Waals surface area contributed by atoms with Crippen LogP contribution in [0.1, 0.15) is 55.5 Å². The van der Waals surface area contributed by atoms with E-state index in [0.717, 1.165) is 23.1 Å². The van der Waals surface area contributed by atoms with Crippen LogP contribution in [0.15, 0.2) is 54.1 Å². The van der Waals surface area contributed by atoms with Crippen molar-refractivity contribution >= 4 is 17.4 Å². The van der Waals surface area contributed by atoms with Gasteiger partial charge in [0.25, 0.3) is 11.7 Å². The number of nitrogens with zero attached hydrogens (tertiary/aromatic N) is 1. The minimum Gasteiger partial charge on any atom is -0.507 e. The van der Waals surface area contributed by atoms with Crippen LogP contribution < -0.4 is 0 Å². The zero-order chi connectivity index (χ0) is 22.5. The monoisotopic (exact) mass is 421 g/mol. The zero-order valence-corrected chi connectivity index (χ0v) is 18.7. The molecular weight excluding hydrogens is 390 g/mol. The largest absolute Gasteiger partial charge is 0.507 e. The molecule has 0 saturated carbocycles. The van der Waals surface area contributed by atoms with Gasteiger partial charge >= 0.3 is 0 Å². The molecule has 1 unspecified atom stereocenters. The highest BCUT2D eigenvalue weighted by atomic mass is 16.5. The molecule has 1 aliphatic rings.